The van der Waals surface area contributed by atoms with Crippen LogP contribution in [0.25, 0.3) is 0 Å². The molecule has 1 fully saturated rings. The quantitative estimate of drug-likeness (QED) is 0.544. The fraction of sp³-hybridized carbons (Fsp3) is 1.00. The van der Waals surface area contributed by atoms with Crippen LogP contribution < -0.4 is 0 Å². The van der Waals surface area contributed by atoms with E-state index in [9.17, 15) is 4.39 Å². The van der Waals surface area contributed by atoms with Crippen LogP contribution in [-0.2, 0) is 4.74 Å². The minimum absolute atomic E-state index is 0.546. The number of rotatable bonds is 1. The van der Waals surface area contributed by atoms with Crippen molar-refractivity contribution in [2.45, 2.75) is 25.3 Å². The van der Waals surface area contributed by atoms with Gasteiger partial charge in [0.15, 0.2) is 0 Å². The Morgan fingerprint density at radius 2 is 2.50 bits per heavy atom. The first kappa shape index (κ1) is 5.98. The van der Waals surface area contributed by atoms with Gasteiger partial charge in [0.25, 0.3) is 0 Å². The fourth-order valence-electron chi connectivity index (χ4n) is 0.819. The van der Waals surface area contributed by atoms with Crippen LogP contribution in [0.2, 0.25) is 0 Å². The lowest BCUT2D eigenvalue weighted by Crippen LogP contribution is -2.19. The smallest absolute Gasteiger partial charge is 0.222 e. The van der Waals surface area contributed by atoms with Crippen LogP contribution in [0, 0.1) is 0 Å². The van der Waals surface area contributed by atoms with Crippen molar-refractivity contribution in [1.29, 1.82) is 0 Å². The first-order valence-corrected chi connectivity index (χ1v) is 2.74. The molecule has 0 bridgehead atoms. The molecular formula is C5H9FO2. The lowest BCUT2D eigenvalue weighted by atomic mass is 10.2. The van der Waals surface area contributed by atoms with Gasteiger partial charge in [-0.05, 0) is 12.8 Å². The Hall–Kier alpha value is -0.150. The second-order valence-electron chi connectivity index (χ2n) is 1.92. The van der Waals surface area contributed by atoms with Gasteiger partial charge >= 0.3 is 0 Å². The van der Waals surface area contributed by atoms with Gasteiger partial charge in [0.2, 0.25) is 6.36 Å². The summed E-state index contributed by atoms with van der Waals surface area (Å²) in [5, 5.41) is 8.26. The minimum atomic E-state index is -1.78. The van der Waals surface area contributed by atoms with Gasteiger partial charge in [-0.2, -0.15) is 0 Å². The number of aliphatic hydroxyl groups is 1. The summed E-state index contributed by atoms with van der Waals surface area (Å²) in [7, 11) is 0. The van der Waals surface area contributed by atoms with Gasteiger partial charge in [0.1, 0.15) is 6.10 Å². The summed E-state index contributed by atoms with van der Waals surface area (Å²) in [5.74, 6) is 0. The second kappa shape index (κ2) is 2.42. The maximum atomic E-state index is 11.8. The molecule has 0 radical (unpaired) electrons. The minimum Gasteiger partial charge on any atom is -0.373 e. The molecule has 1 heterocycles. The van der Waals surface area contributed by atoms with Gasteiger partial charge < -0.3 is 9.84 Å². The topological polar surface area (TPSA) is 29.5 Å². The van der Waals surface area contributed by atoms with Crippen LogP contribution in [0.4, 0.5) is 4.39 Å². The Morgan fingerprint density at radius 1 is 1.75 bits per heavy atom. The Labute approximate surface area is 47.3 Å². The van der Waals surface area contributed by atoms with Crippen molar-refractivity contribution < 1.29 is 14.2 Å². The number of hydrogen-bond acceptors (Lipinski definition) is 2. The molecule has 0 saturated carbocycles. The number of halogens is 1. The van der Waals surface area contributed by atoms with E-state index in [0.717, 1.165) is 6.42 Å². The van der Waals surface area contributed by atoms with Crippen molar-refractivity contribution in [3.63, 3.8) is 0 Å². The maximum absolute atomic E-state index is 11.8. The Morgan fingerprint density at radius 3 is 2.75 bits per heavy atom. The van der Waals surface area contributed by atoms with Crippen LogP contribution in [0.1, 0.15) is 12.8 Å². The van der Waals surface area contributed by atoms with E-state index < -0.39 is 12.5 Å². The molecule has 0 amide bonds. The molecule has 0 spiro atoms. The molecule has 3 heteroatoms. The van der Waals surface area contributed by atoms with E-state index in [1.165, 1.54) is 0 Å². The molecule has 2 unspecified atom stereocenters. The van der Waals surface area contributed by atoms with Gasteiger partial charge in [-0.15, -0.1) is 0 Å². The molecule has 2 nitrogen and oxygen atoms in total. The third kappa shape index (κ3) is 1.17. The molecule has 0 aliphatic carbocycles. The molecule has 1 saturated heterocycles. The van der Waals surface area contributed by atoms with Crippen molar-refractivity contribution in [2.24, 2.45) is 0 Å². The highest BCUT2D eigenvalue weighted by Crippen LogP contribution is 2.15. The van der Waals surface area contributed by atoms with E-state index in [1.54, 1.807) is 0 Å². The lowest BCUT2D eigenvalue weighted by Gasteiger charge is -2.07. The summed E-state index contributed by atoms with van der Waals surface area (Å²) in [4.78, 5) is 0. The van der Waals surface area contributed by atoms with Crippen LogP contribution in [0.3, 0.4) is 0 Å². The standard InChI is InChI=1S/C5H9FO2/c6-5(7)4-2-1-3-8-4/h4-5,7H,1-3H2. The third-order valence-electron chi connectivity index (χ3n) is 1.27. The Bertz CT molecular complexity index is 68.8. The maximum Gasteiger partial charge on any atom is 0.222 e. The largest absolute Gasteiger partial charge is 0.373 e. The van der Waals surface area contributed by atoms with Crippen molar-refractivity contribution in [3.05, 3.63) is 0 Å². The predicted octanol–water partition coefficient (Wildman–Crippen LogP) is 0.453. The number of ether oxygens (including phenoxy) is 1. The molecular weight excluding hydrogens is 111 g/mol. The van der Waals surface area contributed by atoms with Crippen LogP contribution in [0.5, 0.6) is 0 Å². The SMILES string of the molecule is OC(F)C1CCCO1. The van der Waals surface area contributed by atoms with Gasteiger partial charge in [0.05, 0.1) is 0 Å². The highest BCUT2D eigenvalue weighted by molar-refractivity contribution is 4.65. The monoisotopic (exact) mass is 120 g/mol. The average Bonchev–Trinajstić information content (AvgIpc) is 2.12. The molecule has 1 aliphatic heterocycles. The van der Waals surface area contributed by atoms with Crippen molar-refractivity contribution in [3.8, 4) is 0 Å². The van der Waals surface area contributed by atoms with Gasteiger partial charge in [-0.25, -0.2) is 4.39 Å². The molecule has 8 heavy (non-hydrogen) atoms. The molecule has 0 aromatic rings. The normalized spacial score (nSPS) is 33.0. The number of alkyl halides is 1. The van der Waals surface area contributed by atoms with E-state index in [4.69, 9.17) is 9.84 Å². The van der Waals surface area contributed by atoms with Gasteiger partial charge in [-0.1, -0.05) is 0 Å². The van der Waals surface area contributed by atoms with Gasteiger partial charge in [0, 0.05) is 6.61 Å². The first-order valence-electron chi connectivity index (χ1n) is 2.74. The molecule has 48 valence electrons. The van der Waals surface area contributed by atoms with E-state index in [0.29, 0.717) is 13.0 Å². The average molecular weight is 120 g/mol. The summed E-state index contributed by atoms with van der Waals surface area (Å²) >= 11 is 0. The molecule has 1 N–H and O–H groups in total. The third-order valence-corrected chi connectivity index (χ3v) is 1.27. The van der Waals surface area contributed by atoms with E-state index in [1.807, 2.05) is 0 Å². The number of aliphatic hydroxyl groups excluding tert-OH is 1. The van der Waals surface area contributed by atoms with Crippen molar-refractivity contribution in [1.82, 2.24) is 0 Å². The lowest BCUT2D eigenvalue weighted by molar-refractivity contribution is -0.0745. The number of hydrogen-bond donors (Lipinski definition) is 1. The zero-order chi connectivity index (χ0) is 5.98. The predicted molar refractivity (Wildman–Crippen MR) is 26.1 cm³/mol. The molecule has 2 atom stereocenters. The molecule has 1 rings (SSSR count). The van der Waals surface area contributed by atoms with E-state index >= 15 is 0 Å². The van der Waals surface area contributed by atoms with Crippen molar-refractivity contribution in [2.75, 3.05) is 6.61 Å². The first-order chi connectivity index (χ1) is 3.80. The summed E-state index contributed by atoms with van der Waals surface area (Å²) in [6.07, 6.45) is -0.809. The highest BCUT2D eigenvalue weighted by atomic mass is 19.1. The second-order valence-corrected chi connectivity index (χ2v) is 1.92. The summed E-state index contributed by atoms with van der Waals surface area (Å²) < 4.78 is 16.6. The summed E-state index contributed by atoms with van der Waals surface area (Å²) in [5.41, 5.74) is 0. The Kier molecular flexibility index (Phi) is 1.81. The Balaban J connectivity index is 2.24. The van der Waals surface area contributed by atoms with E-state index in [-0.39, 0.29) is 0 Å². The van der Waals surface area contributed by atoms with Crippen LogP contribution in [-0.4, -0.2) is 24.2 Å². The fourth-order valence-corrected chi connectivity index (χ4v) is 0.819. The van der Waals surface area contributed by atoms with Crippen LogP contribution >= 0.6 is 0 Å². The van der Waals surface area contributed by atoms with Crippen molar-refractivity contribution >= 4 is 0 Å². The zero-order valence-corrected chi connectivity index (χ0v) is 4.51. The van der Waals surface area contributed by atoms with Gasteiger partial charge in [-0.3, -0.25) is 0 Å². The van der Waals surface area contributed by atoms with E-state index in [2.05, 4.69) is 0 Å². The zero-order valence-electron chi connectivity index (χ0n) is 4.51. The highest BCUT2D eigenvalue weighted by Gasteiger charge is 2.22. The van der Waals surface area contributed by atoms with Crippen LogP contribution in [0.15, 0.2) is 0 Å². The summed E-state index contributed by atoms with van der Waals surface area (Å²) in [6.45, 7) is 0.589. The summed E-state index contributed by atoms with van der Waals surface area (Å²) in [6, 6.07) is 0. The molecule has 1 aliphatic rings. The molecule has 0 aromatic heterocycles. The molecule has 0 aromatic carbocycles.